The summed E-state index contributed by atoms with van der Waals surface area (Å²) in [5.41, 5.74) is 3.03. The SMILES string of the molecule is Cc1ccccc1-c1nc(CN2CCN(S(=O)(=O)c3ccccc3)CC2)c(C)o1. The number of piperazine rings is 1. The van der Waals surface area contributed by atoms with Gasteiger partial charge in [-0.05, 0) is 37.6 Å². The number of sulfonamides is 1. The van der Waals surface area contributed by atoms with Crippen molar-refractivity contribution in [1.82, 2.24) is 14.2 Å². The Hall–Kier alpha value is -2.48. The number of aromatic nitrogens is 1. The maximum atomic E-state index is 12.8. The molecule has 0 aliphatic carbocycles. The minimum Gasteiger partial charge on any atom is -0.441 e. The summed E-state index contributed by atoms with van der Waals surface area (Å²) < 4.78 is 33.0. The number of hydrogen-bond donors (Lipinski definition) is 0. The Bertz CT molecular complexity index is 1090. The van der Waals surface area contributed by atoms with Crippen molar-refractivity contribution >= 4 is 10.0 Å². The van der Waals surface area contributed by atoms with Gasteiger partial charge < -0.3 is 4.42 Å². The van der Waals surface area contributed by atoms with Gasteiger partial charge in [0.25, 0.3) is 0 Å². The maximum Gasteiger partial charge on any atom is 0.243 e. The first-order valence-corrected chi connectivity index (χ1v) is 11.2. The minimum atomic E-state index is -3.43. The number of benzene rings is 2. The van der Waals surface area contributed by atoms with Crippen LogP contribution in [0.15, 0.2) is 63.9 Å². The van der Waals surface area contributed by atoms with Gasteiger partial charge in [-0.1, -0.05) is 36.4 Å². The molecule has 0 atom stereocenters. The van der Waals surface area contributed by atoms with Gasteiger partial charge >= 0.3 is 0 Å². The highest BCUT2D eigenvalue weighted by atomic mass is 32.2. The molecule has 0 saturated carbocycles. The smallest absolute Gasteiger partial charge is 0.243 e. The monoisotopic (exact) mass is 411 g/mol. The van der Waals surface area contributed by atoms with Crippen LogP contribution in [0.2, 0.25) is 0 Å². The van der Waals surface area contributed by atoms with Crippen LogP contribution >= 0.6 is 0 Å². The quantitative estimate of drug-likeness (QED) is 0.643. The number of rotatable bonds is 5. The van der Waals surface area contributed by atoms with Crippen molar-refractivity contribution in [3.63, 3.8) is 0 Å². The lowest BCUT2D eigenvalue weighted by atomic mass is 10.1. The van der Waals surface area contributed by atoms with Crippen LogP contribution in [-0.4, -0.2) is 48.8 Å². The first kappa shape index (κ1) is 19.8. The highest BCUT2D eigenvalue weighted by molar-refractivity contribution is 7.89. The normalized spacial score (nSPS) is 16.2. The van der Waals surface area contributed by atoms with Crippen molar-refractivity contribution in [2.75, 3.05) is 26.2 Å². The molecule has 1 saturated heterocycles. The highest BCUT2D eigenvalue weighted by Gasteiger charge is 2.29. The average Bonchev–Trinajstić information content (AvgIpc) is 3.09. The molecule has 2 heterocycles. The Morgan fingerprint density at radius 3 is 2.28 bits per heavy atom. The van der Waals surface area contributed by atoms with Crippen molar-refractivity contribution in [3.8, 4) is 11.5 Å². The van der Waals surface area contributed by atoms with Crippen LogP contribution in [0.5, 0.6) is 0 Å². The first-order valence-electron chi connectivity index (χ1n) is 9.75. The van der Waals surface area contributed by atoms with Crippen LogP contribution in [0.1, 0.15) is 17.0 Å². The second-order valence-electron chi connectivity index (χ2n) is 7.33. The van der Waals surface area contributed by atoms with Gasteiger partial charge in [0.2, 0.25) is 15.9 Å². The van der Waals surface area contributed by atoms with Crippen LogP contribution in [-0.2, 0) is 16.6 Å². The lowest BCUT2D eigenvalue weighted by molar-refractivity contribution is 0.179. The van der Waals surface area contributed by atoms with Crippen LogP contribution in [0, 0.1) is 13.8 Å². The molecule has 0 radical (unpaired) electrons. The van der Waals surface area contributed by atoms with E-state index in [0.29, 0.717) is 43.5 Å². The number of hydrogen-bond acceptors (Lipinski definition) is 5. The summed E-state index contributed by atoms with van der Waals surface area (Å²) in [6.45, 7) is 6.90. The largest absolute Gasteiger partial charge is 0.441 e. The first-order chi connectivity index (χ1) is 13.9. The summed E-state index contributed by atoms with van der Waals surface area (Å²) in [6, 6.07) is 16.7. The van der Waals surface area contributed by atoms with Gasteiger partial charge in [0.15, 0.2) is 0 Å². The van der Waals surface area contributed by atoms with E-state index >= 15 is 0 Å². The molecule has 29 heavy (non-hydrogen) atoms. The molecular formula is C22H25N3O3S. The fraction of sp³-hybridized carbons (Fsp3) is 0.318. The van der Waals surface area contributed by atoms with Crippen molar-refractivity contribution in [2.45, 2.75) is 25.3 Å². The van der Waals surface area contributed by atoms with E-state index in [1.807, 2.05) is 44.2 Å². The highest BCUT2D eigenvalue weighted by Crippen LogP contribution is 2.26. The van der Waals surface area contributed by atoms with Gasteiger partial charge in [0.1, 0.15) is 5.76 Å². The molecule has 1 aliphatic rings. The molecule has 0 N–H and O–H groups in total. The van der Waals surface area contributed by atoms with E-state index in [1.54, 1.807) is 28.6 Å². The summed E-state index contributed by atoms with van der Waals surface area (Å²) in [7, 11) is -3.43. The van der Waals surface area contributed by atoms with Crippen molar-refractivity contribution < 1.29 is 12.8 Å². The zero-order chi connectivity index (χ0) is 20.4. The molecular weight excluding hydrogens is 386 g/mol. The van der Waals surface area contributed by atoms with E-state index in [4.69, 9.17) is 9.40 Å². The maximum absolute atomic E-state index is 12.8. The van der Waals surface area contributed by atoms with Crippen LogP contribution < -0.4 is 0 Å². The number of oxazole rings is 1. The predicted molar refractivity (Wildman–Crippen MR) is 112 cm³/mol. The molecule has 1 fully saturated rings. The molecule has 4 rings (SSSR count). The van der Waals surface area contributed by atoms with Gasteiger partial charge in [0, 0.05) is 38.3 Å². The summed E-state index contributed by atoms with van der Waals surface area (Å²) >= 11 is 0. The second-order valence-corrected chi connectivity index (χ2v) is 9.27. The van der Waals surface area contributed by atoms with E-state index in [9.17, 15) is 8.42 Å². The zero-order valence-electron chi connectivity index (χ0n) is 16.7. The van der Waals surface area contributed by atoms with Crippen LogP contribution in [0.3, 0.4) is 0 Å². The topological polar surface area (TPSA) is 66.7 Å². The van der Waals surface area contributed by atoms with Gasteiger partial charge in [0.05, 0.1) is 10.6 Å². The molecule has 0 unspecified atom stereocenters. The van der Waals surface area contributed by atoms with Gasteiger partial charge in [-0.3, -0.25) is 4.90 Å². The molecule has 0 spiro atoms. The molecule has 0 amide bonds. The lowest BCUT2D eigenvalue weighted by Gasteiger charge is -2.33. The van der Waals surface area contributed by atoms with Gasteiger partial charge in [-0.15, -0.1) is 0 Å². The summed E-state index contributed by atoms with van der Waals surface area (Å²) in [5, 5.41) is 0. The van der Waals surface area contributed by atoms with E-state index in [1.165, 1.54) is 0 Å². The Kier molecular flexibility index (Phi) is 5.54. The fourth-order valence-electron chi connectivity index (χ4n) is 3.58. The molecule has 2 aromatic carbocycles. The molecule has 7 heteroatoms. The summed E-state index contributed by atoms with van der Waals surface area (Å²) in [5.74, 6) is 1.45. The second kappa shape index (κ2) is 8.10. The summed E-state index contributed by atoms with van der Waals surface area (Å²) in [4.78, 5) is 7.29. The average molecular weight is 412 g/mol. The molecule has 6 nitrogen and oxygen atoms in total. The van der Waals surface area contributed by atoms with Crippen LogP contribution in [0.4, 0.5) is 0 Å². The van der Waals surface area contributed by atoms with Crippen molar-refractivity contribution in [2.24, 2.45) is 0 Å². The molecule has 1 aromatic heterocycles. The van der Waals surface area contributed by atoms with E-state index in [2.05, 4.69) is 4.90 Å². The lowest BCUT2D eigenvalue weighted by Crippen LogP contribution is -2.48. The molecule has 3 aromatic rings. The van der Waals surface area contributed by atoms with E-state index in [-0.39, 0.29) is 0 Å². The zero-order valence-corrected chi connectivity index (χ0v) is 17.5. The molecule has 0 bridgehead atoms. The van der Waals surface area contributed by atoms with E-state index in [0.717, 1.165) is 22.6 Å². The number of nitrogens with zero attached hydrogens (tertiary/aromatic N) is 3. The molecule has 152 valence electrons. The predicted octanol–water partition coefficient (Wildman–Crippen LogP) is 3.46. The Morgan fingerprint density at radius 1 is 0.931 bits per heavy atom. The standard InChI is InChI=1S/C22H25N3O3S/c1-17-8-6-7-11-20(17)22-23-21(18(2)28-22)16-24-12-14-25(15-13-24)29(26,27)19-9-4-3-5-10-19/h3-11H,12-16H2,1-2H3. The Morgan fingerprint density at radius 2 is 1.59 bits per heavy atom. The Balaban J connectivity index is 1.42. The fourth-order valence-corrected chi connectivity index (χ4v) is 5.03. The van der Waals surface area contributed by atoms with Crippen molar-refractivity contribution in [3.05, 3.63) is 71.6 Å². The Labute approximate surface area is 171 Å². The number of aryl methyl sites for hydroxylation is 2. The third-order valence-corrected chi connectivity index (χ3v) is 7.27. The minimum absolute atomic E-state index is 0.351. The van der Waals surface area contributed by atoms with Crippen molar-refractivity contribution in [1.29, 1.82) is 0 Å². The third-order valence-electron chi connectivity index (χ3n) is 5.35. The van der Waals surface area contributed by atoms with Gasteiger partial charge in [-0.2, -0.15) is 4.31 Å². The molecule has 1 aliphatic heterocycles. The van der Waals surface area contributed by atoms with Crippen LogP contribution in [0.25, 0.3) is 11.5 Å². The van der Waals surface area contributed by atoms with E-state index < -0.39 is 10.0 Å². The van der Waals surface area contributed by atoms with Gasteiger partial charge in [-0.25, -0.2) is 13.4 Å². The third kappa shape index (κ3) is 4.12. The summed E-state index contributed by atoms with van der Waals surface area (Å²) in [6.07, 6.45) is 0.